The van der Waals surface area contributed by atoms with Crippen molar-refractivity contribution in [2.45, 2.75) is 37.0 Å². The van der Waals surface area contributed by atoms with Crippen LogP contribution in [0.1, 0.15) is 42.7 Å². The molecule has 0 radical (unpaired) electrons. The number of hydrogen-bond donors (Lipinski definition) is 1. The molecule has 156 valence electrons. The van der Waals surface area contributed by atoms with Crippen molar-refractivity contribution in [2.75, 3.05) is 26.7 Å². The molecule has 5 heteroatoms. The highest BCUT2D eigenvalue weighted by molar-refractivity contribution is 5.89. The fourth-order valence-corrected chi connectivity index (χ4v) is 5.18. The van der Waals surface area contributed by atoms with Gasteiger partial charge in [-0.1, -0.05) is 55.3 Å². The van der Waals surface area contributed by atoms with E-state index in [1.54, 1.807) is 7.11 Å². The maximum Gasteiger partial charge on any atom is 0.233 e. The van der Waals surface area contributed by atoms with Crippen molar-refractivity contribution < 1.29 is 9.53 Å². The molecule has 4 nitrogen and oxygen atoms in total. The lowest BCUT2D eigenvalue weighted by molar-refractivity contribution is -0.136. The molecule has 2 aromatic rings. The number of nitrogens with two attached hydrogens (primary N) is 1. The Balaban J connectivity index is 0.00000240. The summed E-state index contributed by atoms with van der Waals surface area (Å²) in [5, 5.41) is 0. The third-order valence-electron chi connectivity index (χ3n) is 6.75. The topological polar surface area (TPSA) is 55.6 Å². The molecular formula is C24H31ClN2O2. The Labute approximate surface area is 179 Å². The normalized spacial score (nSPS) is 22.9. The van der Waals surface area contributed by atoms with Crippen molar-refractivity contribution in [3.8, 4) is 5.75 Å². The van der Waals surface area contributed by atoms with Crippen molar-refractivity contribution in [3.63, 3.8) is 0 Å². The Morgan fingerprint density at radius 1 is 1.10 bits per heavy atom. The Morgan fingerprint density at radius 3 is 2.48 bits per heavy atom. The molecule has 2 atom stereocenters. The lowest BCUT2D eigenvalue weighted by Crippen LogP contribution is -2.44. The molecule has 1 heterocycles. The molecule has 2 aliphatic rings. The maximum atomic E-state index is 13.9. The summed E-state index contributed by atoms with van der Waals surface area (Å²) in [7, 11) is 1.68. The van der Waals surface area contributed by atoms with Crippen molar-refractivity contribution in [3.05, 3.63) is 65.7 Å². The van der Waals surface area contributed by atoms with Crippen LogP contribution in [-0.2, 0) is 10.2 Å². The number of hydrogen-bond acceptors (Lipinski definition) is 3. The summed E-state index contributed by atoms with van der Waals surface area (Å²) < 4.78 is 5.43. The van der Waals surface area contributed by atoms with E-state index in [2.05, 4.69) is 35.2 Å². The van der Waals surface area contributed by atoms with Crippen LogP contribution in [0.15, 0.2) is 54.6 Å². The SMILES string of the molecule is COc1cccc(C2(C(=O)N3C[C@@H](CN)[C@H](c4ccccc4)C3)CCCC2)c1.Cl. The molecule has 1 aliphatic heterocycles. The van der Waals surface area contributed by atoms with Crippen LogP contribution >= 0.6 is 12.4 Å². The van der Waals surface area contributed by atoms with Crippen LogP contribution in [0.2, 0.25) is 0 Å². The number of ether oxygens (including phenoxy) is 1. The standard InChI is InChI=1S/C24H30N2O2.ClH/c1-28-21-11-7-10-20(14-21)24(12-5-6-13-24)23(27)26-16-19(15-25)22(17-26)18-8-3-2-4-9-18;/h2-4,7-11,14,19,22H,5-6,12-13,15-17,25H2,1H3;1H/t19-,22+;/m1./s1. The van der Waals surface area contributed by atoms with E-state index in [0.29, 0.717) is 18.4 Å². The summed E-state index contributed by atoms with van der Waals surface area (Å²) in [5.41, 5.74) is 8.07. The highest BCUT2D eigenvalue weighted by atomic mass is 35.5. The Morgan fingerprint density at radius 2 is 1.83 bits per heavy atom. The lowest BCUT2D eigenvalue weighted by atomic mass is 9.77. The van der Waals surface area contributed by atoms with Gasteiger partial charge >= 0.3 is 0 Å². The van der Waals surface area contributed by atoms with E-state index < -0.39 is 5.41 Å². The van der Waals surface area contributed by atoms with E-state index >= 15 is 0 Å². The molecule has 29 heavy (non-hydrogen) atoms. The summed E-state index contributed by atoms with van der Waals surface area (Å²) >= 11 is 0. The average molecular weight is 415 g/mol. The van der Waals surface area contributed by atoms with Gasteiger partial charge in [-0.05, 0) is 48.6 Å². The fourth-order valence-electron chi connectivity index (χ4n) is 5.18. The molecule has 1 amide bonds. The second-order valence-electron chi connectivity index (χ2n) is 8.24. The highest BCUT2D eigenvalue weighted by Crippen LogP contribution is 2.45. The van der Waals surface area contributed by atoms with Crippen molar-refractivity contribution in [2.24, 2.45) is 11.7 Å². The van der Waals surface area contributed by atoms with Gasteiger partial charge < -0.3 is 15.4 Å². The number of amides is 1. The molecule has 4 rings (SSSR count). The van der Waals surface area contributed by atoms with Gasteiger partial charge in [0.25, 0.3) is 0 Å². The van der Waals surface area contributed by atoms with E-state index in [-0.39, 0.29) is 18.3 Å². The highest BCUT2D eigenvalue weighted by Gasteiger charge is 2.48. The van der Waals surface area contributed by atoms with Gasteiger partial charge in [-0.15, -0.1) is 12.4 Å². The molecule has 0 unspecified atom stereocenters. The number of methoxy groups -OCH3 is 1. The van der Waals surface area contributed by atoms with Crippen LogP contribution < -0.4 is 10.5 Å². The quantitative estimate of drug-likeness (QED) is 0.800. The molecule has 2 N–H and O–H groups in total. The van der Waals surface area contributed by atoms with Crippen LogP contribution in [-0.4, -0.2) is 37.6 Å². The summed E-state index contributed by atoms with van der Waals surface area (Å²) in [5.74, 6) is 1.73. The maximum absolute atomic E-state index is 13.9. The summed E-state index contributed by atoms with van der Waals surface area (Å²) in [6.45, 7) is 2.12. The van der Waals surface area contributed by atoms with E-state index in [1.807, 2.05) is 24.3 Å². The molecule has 1 saturated heterocycles. The summed E-state index contributed by atoms with van der Waals surface area (Å²) in [6, 6.07) is 18.6. The Bertz CT molecular complexity index is 821. The number of benzene rings is 2. The number of likely N-dealkylation sites (tertiary alicyclic amines) is 1. The van der Waals surface area contributed by atoms with Crippen molar-refractivity contribution >= 4 is 18.3 Å². The predicted molar refractivity (Wildman–Crippen MR) is 119 cm³/mol. The van der Waals surface area contributed by atoms with Gasteiger partial charge in [0.05, 0.1) is 12.5 Å². The second kappa shape index (κ2) is 9.19. The zero-order valence-corrected chi connectivity index (χ0v) is 17.9. The first-order chi connectivity index (χ1) is 13.7. The summed E-state index contributed by atoms with van der Waals surface area (Å²) in [4.78, 5) is 15.9. The number of carbonyl (C=O) groups is 1. The third kappa shape index (κ3) is 4.01. The first-order valence-electron chi connectivity index (χ1n) is 10.4. The van der Waals surface area contributed by atoms with Gasteiger partial charge in [0.1, 0.15) is 5.75 Å². The van der Waals surface area contributed by atoms with Crippen LogP contribution in [0.5, 0.6) is 5.75 Å². The van der Waals surface area contributed by atoms with E-state index in [9.17, 15) is 4.79 Å². The predicted octanol–water partition coefficient (Wildman–Crippen LogP) is 4.13. The number of rotatable bonds is 5. The third-order valence-corrected chi connectivity index (χ3v) is 6.75. The van der Waals surface area contributed by atoms with Gasteiger partial charge in [-0.3, -0.25) is 4.79 Å². The van der Waals surface area contributed by atoms with E-state index in [0.717, 1.165) is 50.1 Å². The van der Waals surface area contributed by atoms with Crippen molar-refractivity contribution in [1.82, 2.24) is 4.90 Å². The van der Waals surface area contributed by atoms with Crippen molar-refractivity contribution in [1.29, 1.82) is 0 Å². The van der Waals surface area contributed by atoms with Gasteiger partial charge in [0.15, 0.2) is 0 Å². The largest absolute Gasteiger partial charge is 0.497 e. The Hall–Kier alpha value is -2.04. The molecule has 1 aliphatic carbocycles. The zero-order chi connectivity index (χ0) is 19.6. The first-order valence-corrected chi connectivity index (χ1v) is 10.4. The molecule has 0 aromatic heterocycles. The molecule has 0 spiro atoms. The summed E-state index contributed by atoms with van der Waals surface area (Å²) in [6.07, 6.45) is 4.02. The minimum absolute atomic E-state index is 0. The number of halogens is 1. The minimum Gasteiger partial charge on any atom is -0.497 e. The lowest BCUT2D eigenvalue weighted by Gasteiger charge is -2.33. The molecule has 2 aromatic carbocycles. The molecule has 1 saturated carbocycles. The van der Waals surface area contributed by atoms with Gasteiger partial charge in [0, 0.05) is 19.0 Å². The average Bonchev–Trinajstić information content (AvgIpc) is 3.42. The smallest absolute Gasteiger partial charge is 0.233 e. The number of carbonyl (C=O) groups excluding carboxylic acids is 1. The Kier molecular flexibility index (Phi) is 6.86. The van der Waals surface area contributed by atoms with Crippen LogP contribution in [0, 0.1) is 5.92 Å². The minimum atomic E-state index is -0.417. The fraction of sp³-hybridized carbons (Fsp3) is 0.458. The van der Waals surface area contributed by atoms with Gasteiger partial charge in [0.2, 0.25) is 5.91 Å². The van der Waals surface area contributed by atoms with Gasteiger partial charge in [-0.25, -0.2) is 0 Å². The zero-order valence-electron chi connectivity index (χ0n) is 17.0. The molecular weight excluding hydrogens is 384 g/mol. The monoisotopic (exact) mass is 414 g/mol. The van der Waals surface area contributed by atoms with Crippen LogP contribution in [0.25, 0.3) is 0 Å². The van der Waals surface area contributed by atoms with Gasteiger partial charge in [-0.2, -0.15) is 0 Å². The van der Waals surface area contributed by atoms with Crippen LogP contribution in [0.3, 0.4) is 0 Å². The molecule has 2 fully saturated rings. The first kappa shape index (κ1) is 21.7. The second-order valence-corrected chi connectivity index (χ2v) is 8.24. The van der Waals surface area contributed by atoms with E-state index in [1.165, 1.54) is 5.56 Å². The van der Waals surface area contributed by atoms with Crippen LogP contribution in [0.4, 0.5) is 0 Å². The van der Waals surface area contributed by atoms with E-state index in [4.69, 9.17) is 10.5 Å². The molecule has 0 bridgehead atoms. The number of nitrogens with zero attached hydrogens (tertiary/aromatic N) is 1.